The fraction of sp³-hybridized carbons (Fsp3) is 0.231. The van der Waals surface area contributed by atoms with Crippen molar-refractivity contribution in [3.8, 4) is 11.5 Å². The van der Waals surface area contributed by atoms with Crippen molar-refractivity contribution >= 4 is 11.9 Å². The number of carbonyl (C=O) groups is 2. The fourth-order valence-corrected chi connectivity index (χ4v) is 1.23. The van der Waals surface area contributed by atoms with Crippen LogP contribution in [-0.2, 0) is 4.79 Å². The molecular weight excluding hydrogens is 293 g/mol. The number of esters is 1. The molecule has 0 amide bonds. The standard InChI is InChI=1S/C13H11F3O5/c1-3-7(2)12(19)20-10-6-8(11(17)18)4-5-9(10)21-13(14,15)16/h3-6H,1-2H3,(H,17,18)/b7-3+. The maximum Gasteiger partial charge on any atom is 0.573 e. The Bertz CT molecular complexity index is 590. The van der Waals surface area contributed by atoms with Crippen LogP contribution in [0.4, 0.5) is 13.2 Å². The van der Waals surface area contributed by atoms with Gasteiger partial charge in [-0.25, -0.2) is 9.59 Å². The molecule has 21 heavy (non-hydrogen) atoms. The molecule has 0 saturated heterocycles. The third-order valence-corrected chi connectivity index (χ3v) is 2.37. The van der Waals surface area contributed by atoms with E-state index < -0.39 is 29.8 Å². The summed E-state index contributed by atoms with van der Waals surface area (Å²) in [6.07, 6.45) is -3.60. The number of benzene rings is 1. The van der Waals surface area contributed by atoms with Crippen LogP contribution < -0.4 is 9.47 Å². The van der Waals surface area contributed by atoms with Gasteiger partial charge in [-0.05, 0) is 32.0 Å². The van der Waals surface area contributed by atoms with Crippen LogP contribution in [0.25, 0.3) is 0 Å². The third kappa shape index (κ3) is 4.83. The Labute approximate surface area is 117 Å². The number of halogens is 3. The molecule has 1 aromatic rings. The molecular formula is C13H11F3O5. The van der Waals surface area contributed by atoms with Crippen molar-refractivity contribution in [3.63, 3.8) is 0 Å². The molecule has 0 radical (unpaired) electrons. The Hall–Kier alpha value is -2.51. The number of hydrogen-bond acceptors (Lipinski definition) is 4. The van der Waals surface area contributed by atoms with Crippen LogP contribution in [-0.4, -0.2) is 23.4 Å². The highest BCUT2D eigenvalue weighted by atomic mass is 19.4. The molecule has 1 aromatic carbocycles. The van der Waals surface area contributed by atoms with Crippen LogP contribution in [0.3, 0.4) is 0 Å². The van der Waals surface area contributed by atoms with E-state index in [2.05, 4.69) is 4.74 Å². The molecule has 0 aliphatic rings. The number of hydrogen-bond donors (Lipinski definition) is 1. The van der Waals surface area contributed by atoms with E-state index >= 15 is 0 Å². The number of ether oxygens (including phenoxy) is 2. The lowest BCUT2D eigenvalue weighted by atomic mass is 10.2. The minimum atomic E-state index is -5.00. The summed E-state index contributed by atoms with van der Waals surface area (Å²) in [5.41, 5.74) is -0.195. The minimum absolute atomic E-state index is 0.147. The van der Waals surface area contributed by atoms with Gasteiger partial charge in [-0.15, -0.1) is 13.2 Å². The average molecular weight is 304 g/mol. The number of carboxylic acids is 1. The second-order valence-electron chi connectivity index (χ2n) is 3.88. The highest BCUT2D eigenvalue weighted by Crippen LogP contribution is 2.33. The van der Waals surface area contributed by atoms with Crippen LogP contribution in [0.1, 0.15) is 24.2 Å². The smallest absolute Gasteiger partial charge is 0.478 e. The van der Waals surface area contributed by atoms with E-state index in [1.807, 2.05) is 0 Å². The Balaban J connectivity index is 3.20. The molecule has 5 nitrogen and oxygen atoms in total. The number of aromatic carboxylic acids is 1. The number of carboxylic acid groups (broad SMARTS) is 1. The Morgan fingerprint density at radius 2 is 1.86 bits per heavy atom. The lowest BCUT2D eigenvalue weighted by molar-refractivity contribution is -0.275. The molecule has 0 aliphatic heterocycles. The summed E-state index contributed by atoms with van der Waals surface area (Å²) in [5.74, 6) is -3.72. The normalized spacial score (nSPS) is 12.0. The highest BCUT2D eigenvalue weighted by Gasteiger charge is 2.33. The maximum absolute atomic E-state index is 12.3. The molecule has 8 heteroatoms. The van der Waals surface area contributed by atoms with Gasteiger partial charge in [0.25, 0.3) is 0 Å². The first-order valence-corrected chi connectivity index (χ1v) is 5.62. The van der Waals surface area contributed by atoms with Gasteiger partial charge >= 0.3 is 18.3 Å². The summed E-state index contributed by atoms with van der Waals surface area (Å²) in [7, 11) is 0. The first-order valence-electron chi connectivity index (χ1n) is 5.62. The molecule has 0 atom stereocenters. The van der Waals surface area contributed by atoms with E-state index in [1.165, 1.54) is 19.9 Å². The molecule has 0 heterocycles. The van der Waals surface area contributed by atoms with Gasteiger partial charge in [0.1, 0.15) is 0 Å². The van der Waals surface area contributed by atoms with Gasteiger partial charge < -0.3 is 14.6 Å². The van der Waals surface area contributed by atoms with E-state index in [1.54, 1.807) is 0 Å². The van der Waals surface area contributed by atoms with Gasteiger partial charge in [-0.1, -0.05) is 6.08 Å². The van der Waals surface area contributed by atoms with Gasteiger partial charge in [-0.2, -0.15) is 0 Å². The quantitative estimate of drug-likeness (QED) is 0.525. The summed E-state index contributed by atoms with van der Waals surface area (Å²) < 4.78 is 45.2. The molecule has 1 rings (SSSR count). The zero-order valence-corrected chi connectivity index (χ0v) is 11.0. The Morgan fingerprint density at radius 3 is 2.33 bits per heavy atom. The largest absolute Gasteiger partial charge is 0.573 e. The summed E-state index contributed by atoms with van der Waals surface area (Å²) in [6, 6.07) is 2.46. The lowest BCUT2D eigenvalue weighted by Gasteiger charge is -2.13. The molecule has 0 fully saturated rings. The van der Waals surface area contributed by atoms with E-state index in [9.17, 15) is 22.8 Å². The van der Waals surface area contributed by atoms with Crippen molar-refractivity contribution in [2.45, 2.75) is 20.2 Å². The van der Waals surface area contributed by atoms with Gasteiger partial charge in [-0.3, -0.25) is 0 Å². The summed E-state index contributed by atoms with van der Waals surface area (Å²) >= 11 is 0. The first-order chi connectivity index (χ1) is 9.64. The van der Waals surface area contributed by atoms with Gasteiger partial charge in [0.15, 0.2) is 11.5 Å². The van der Waals surface area contributed by atoms with Crippen molar-refractivity contribution in [1.29, 1.82) is 0 Å². The van der Waals surface area contributed by atoms with Gasteiger partial charge in [0, 0.05) is 5.57 Å². The van der Waals surface area contributed by atoms with Gasteiger partial charge in [0.2, 0.25) is 0 Å². The SMILES string of the molecule is C/C=C(\C)C(=O)Oc1cc(C(=O)O)ccc1OC(F)(F)F. The zero-order chi connectivity index (χ0) is 16.2. The number of allylic oxidation sites excluding steroid dienone is 1. The van der Waals surface area contributed by atoms with Crippen molar-refractivity contribution in [2.24, 2.45) is 0 Å². The molecule has 0 aromatic heterocycles. The van der Waals surface area contributed by atoms with E-state index in [-0.39, 0.29) is 11.1 Å². The van der Waals surface area contributed by atoms with Crippen molar-refractivity contribution in [2.75, 3.05) is 0 Å². The van der Waals surface area contributed by atoms with Crippen molar-refractivity contribution in [1.82, 2.24) is 0 Å². The van der Waals surface area contributed by atoms with Crippen molar-refractivity contribution < 1.29 is 37.3 Å². The van der Waals surface area contributed by atoms with E-state index in [4.69, 9.17) is 9.84 Å². The fourth-order valence-electron chi connectivity index (χ4n) is 1.23. The number of carbonyl (C=O) groups excluding carboxylic acids is 1. The highest BCUT2D eigenvalue weighted by molar-refractivity contribution is 5.91. The number of alkyl halides is 3. The number of rotatable bonds is 4. The third-order valence-electron chi connectivity index (χ3n) is 2.37. The van der Waals surface area contributed by atoms with Crippen LogP contribution in [0.2, 0.25) is 0 Å². The lowest BCUT2D eigenvalue weighted by Crippen LogP contribution is -2.19. The maximum atomic E-state index is 12.3. The molecule has 114 valence electrons. The molecule has 0 aliphatic carbocycles. The predicted octanol–water partition coefficient (Wildman–Crippen LogP) is 3.16. The predicted molar refractivity (Wildman–Crippen MR) is 65.2 cm³/mol. The summed E-state index contributed by atoms with van der Waals surface area (Å²) in [4.78, 5) is 22.4. The summed E-state index contributed by atoms with van der Waals surface area (Å²) in [6.45, 7) is 2.94. The molecule has 0 unspecified atom stereocenters. The minimum Gasteiger partial charge on any atom is -0.478 e. The van der Waals surface area contributed by atoms with E-state index in [0.29, 0.717) is 0 Å². The zero-order valence-electron chi connectivity index (χ0n) is 11.0. The van der Waals surface area contributed by atoms with E-state index in [0.717, 1.165) is 18.2 Å². The second-order valence-corrected chi connectivity index (χ2v) is 3.88. The summed E-state index contributed by atoms with van der Waals surface area (Å²) in [5, 5.41) is 8.81. The van der Waals surface area contributed by atoms with Crippen LogP contribution in [0.15, 0.2) is 29.8 Å². The topological polar surface area (TPSA) is 72.8 Å². The molecule has 1 N–H and O–H groups in total. The first kappa shape index (κ1) is 16.5. The second kappa shape index (κ2) is 6.29. The average Bonchev–Trinajstić information content (AvgIpc) is 2.37. The van der Waals surface area contributed by atoms with Crippen LogP contribution in [0, 0.1) is 0 Å². The van der Waals surface area contributed by atoms with Gasteiger partial charge in [0.05, 0.1) is 5.56 Å². The van der Waals surface area contributed by atoms with Crippen LogP contribution in [0.5, 0.6) is 11.5 Å². The van der Waals surface area contributed by atoms with Crippen LogP contribution >= 0.6 is 0 Å². The molecule has 0 bridgehead atoms. The Kier molecular flexibility index (Phi) is 4.96. The molecule has 0 saturated carbocycles. The monoisotopic (exact) mass is 304 g/mol. The molecule has 0 spiro atoms. The Morgan fingerprint density at radius 1 is 1.24 bits per heavy atom. The van der Waals surface area contributed by atoms with Crippen molar-refractivity contribution in [3.05, 3.63) is 35.4 Å².